The summed E-state index contributed by atoms with van der Waals surface area (Å²) in [4.78, 5) is 19.4. The molecular formula is C32H32N2O5Y-2. The van der Waals surface area contributed by atoms with Crippen molar-refractivity contribution in [2.24, 2.45) is 0 Å². The van der Waals surface area contributed by atoms with E-state index in [1.807, 2.05) is 92.7 Å². The summed E-state index contributed by atoms with van der Waals surface area (Å²) in [5.74, 6) is 0.113. The molecule has 0 atom stereocenters. The molecule has 0 amide bonds. The van der Waals surface area contributed by atoms with E-state index in [0.717, 1.165) is 17.0 Å². The van der Waals surface area contributed by atoms with Gasteiger partial charge in [-0.3, -0.25) is 4.79 Å². The number of carbonyl (C=O) groups is 1. The molecule has 0 spiro atoms. The summed E-state index contributed by atoms with van der Waals surface area (Å²) in [5, 5.41) is 9.69. The second-order valence-corrected chi connectivity index (χ2v) is 8.66. The van der Waals surface area contributed by atoms with Crippen LogP contribution in [-0.4, -0.2) is 41.9 Å². The largest absolute Gasteiger partial charge is 0.503 e. The number of hydrogen-bond acceptors (Lipinski definition) is 6. The third-order valence-corrected chi connectivity index (χ3v) is 5.87. The van der Waals surface area contributed by atoms with Crippen LogP contribution in [0.15, 0.2) is 91.5 Å². The van der Waals surface area contributed by atoms with Gasteiger partial charge in [0.15, 0.2) is 17.5 Å². The Morgan fingerprint density at radius 1 is 0.875 bits per heavy atom. The summed E-state index contributed by atoms with van der Waals surface area (Å²) in [6.07, 6.45) is 3.71. The number of hydrogen-bond donors (Lipinski definition) is 1. The molecule has 0 aliphatic heterocycles. The van der Waals surface area contributed by atoms with E-state index in [4.69, 9.17) is 14.2 Å². The summed E-state index contributed by atoms with van der Waals surface area (Å²) in [6, 6.07) is 26.0. The quantitative estimate of drug-likeness (QED) is 0.224. The molecule has 0 saturated carbocycles. The number of carboxylic acid groups (broad SMARTS) is 1. The molecule has 4 aromatic rings. The summed E-state index contributed by atoms with van der Waals surface area (Å²) >= 11 is 0. The molecule has 0 saturated heterocycles. The van der Waals surface area contributed by atoms with Crippen LogP contribution in [0, 0.1) is 26.6 Å². The van der Waals surface area contributed by atoms with Crippen molar-refractivity contribution in [3.8, 4) is 11.5 Å². The predicted octanol–water partition coefficient (Wildman–Crippen LogP) is 5.86. The molecule has 1 aromatic heterocycles. The first-order valence-corrected chi connectivity index (χ1v) is 12.2. The number of rotatable bonds is 10. The Labute approximate surface area is 261 Å². The van der Waals surface area contributed by atoms with Crippen LogP contribution in [0.2, 0.25) is 0 Å². The monoisotopic (exact) mass is 613 g/mol. The average molecular weight is 614 g/mol. The van der Waals surface area contributed by atoms with Crippen LogP contribution in [0.4, 0.5) is 0 Å². The molecule has 1 radical (unpaired) electrons. The van der Waals surface area contributed by atoms with E-state index in [2.05, 4.69) is 22.9 Å². The first-order chi connectivity index (χ1) is 18.8. The molecule has 1 heterocycles. The summed E-state index contributed by atoms with van der Waals surface area (Å²) < 4.78 is 17.0. The van der Waals surface area contributed by atoms with Crippen LogP contribution in [0.1, 0.15) is 28.1 Å². The number of carboxylic acids is 1. The maximum absolute atomic E-state index is 11.8. The van der Waals surface area contributed by atoms with Crippen molar-refractivity contribution in [3.63, 3.8) is 0 Å². The molecule has 0 aliphatic carbocycles. The van der Waals surface area contributed by atoms with Crippen LogP contribution in [-0.2, 0) is 47.8 Å². The Morgan fingerprint density at radius 3 is 1.82 bits per heavy atom. The van der Waals surface area contributed by atoms with Crippen molar-refractivity contribution in [1.29, 1.82) is 0 Å². The van der Waals surface area contributed by atoms with E-state index in [-0.39, 0.29) is 39.3 Å². The number of nitrogens with zero attached hydrogens (tertiary/aromatic N) is 2. The van der Waals surface area contributed by atoms with Crippen molar-refractivity contribution < 1.29 is 56.8 Å². The zero-order chi connectivity index (χ0) is 28.3. The normalized spacial score (nSPS) is 10.3. The van der Waals surface area contributed by atoms with Crippen molar-refractivity contribution in [3.05, 3.63) is 132 Å². The van der Waals surface area contributed by atoms with E-state index in [0.29, 0.717) is 28.2 Å². The standard InChI is InChI=1S/C26H25O5.C6H7N2.Y/c1-19(20-14-15-23(29-2)24(16-20)30-3)18-31-26(17-25(27)28,21-10-6-4-7-11-21)22-12-8-5-9-13-22;1-5-3-6(2)8-4-7-5;/h4-17H,1,18H2,2-3H3,(H,27,28);3H,1-2H3;/q2*-1;. The number of ether oxygens (including phenoxy) is 3. The van der Waals surface area contributed by atoms with E-state index < -0.39 is 11.6 Å². The van der Waals surface area contributed by atoms with Crippen molar-refractivity contribution in [2.45, 2.75) is 19.4 Å². The van der Waals surface area contributed by atoms with Crippen molar-refractivity contribution >= 4 is 11.5 Å². The Hall–Kier alpha value is -3.52. The van der Waals surface area contributed by atoms with Crippen LogP contribution in [0.3, 0.4) is 0 Å². The second-order valence-electron chi connectivity index (χ2n) is 8.66. The number of aromatic nitrogens is 2. The smallest absolute Gasteiger partial charge is 0.167 e. The van der Waals surface area contributed by atoms with Gasteiger partial charge in [0.2, 0.25) is 0 Å². The molecule has 1 N–H and O–H groups in total. The molecule has 8 heteroatoms. The Morgan fingerprint density at radius 2 is 1.40 bits per heavy atom. The van der Waals surface area contributed by atoms with Crippen LogP contribution >= 0.6 is 0 Å². The van der Waals surface area contributed by atoms with Gasteiger partial charge in [0.25, 0.3) is 0 Å². The van der Waals surface area contributed by atoms with E-state index in [9.17, 15) is 9.90 Å². The molecule has 0 unspecified atom stereocenters. The summed E-state index contributed by atoms with van der Waals surface area (Å²) in [6.45, 7) is 8.09. The van der Waals surface area contributed by atoms with Gasteiger partial charge in [-0.2, -0.15) is 0 Å². The van der Waals surface area contributed by atoms with E-state index in [1.54, 1.807) is 20.3 Å². The van der Waals surface area contributed by atoms with Crippen molar-refractivity contribution in [1.82, 2.24) is 9.97 Å². The molecule has 4 rings (SSSR count). The maximum Gasteiger partial charge on any atom is 0.167 e. The zero-order valence-electron chi connectivity index (χ0n) is 23.1. The third kappa shape index (κ3) is 8.75. The Kier molecular flexibility index (Phi) is 13.0. The fourth-order valence-corrected chi connectivity index (χ4v) is 3.98. The SMILES string of the molecule is C=C(COC([CH-]C(=O)O)(c1ccccc1)c1ccccc1)c1ccc(OC)c(OC)c1.Cc1cc(C)n[c-]n1.[Y]. The third-order valence-electron chi connectivity index (χ3n) is 5.87. The molecule has 40 heavy (non-hydrogen) atoms. The summed E-state index contributed by atoms with van der Waals surface area (Å²) in [7, 11) is 3.14. The molecule has 205 valence electrons. The molecule has 7 nitrogen and oxygen atoms in total. The average Bonchev–Trinajstić information content (AvgIpc) is 2.95. The van der Waals surface area contributed by atoms with Gasteiger partial charge in [0, 0.05) is 44.6 Å². The van der Waals surface area contributed by atoms with Gasteiger partial charge in [0.1, 0.15) is 0 Å². The number of methoxy groups -OCH3 is 2. The fraction of sp³-hybridized carbons (Fsp3) is 0.188. The topological polar surface area (TPSA) is 90.8 Å². The minimum absolute atomic E-state index is 0. The van der Waals surface area contributed by atoms with Crippen LogP contribution in [0.25, 0.3) is 5.57 Å². The summed E-state index contributed by atoms with van der Waals surface area (Å²) in [5.41, 5.74) is 3.56. The zero-order valence-corrected chi connectivity index (χ0v) is 26.0. The number of benzene rings is 3. The molecular weight excluding hydrogens is 581 g/mol. The van der Waals surface area contributed by atoms with Gasteiger partial charge < -0.3 is 29.3 Å². The molecule has 0 aliphatic rings. The molecule has 3 aromatic carbocycles. The Balaban J connectivity index is 0.000000535. The van der Waals surface area contributed by atoms with Gasteiger partial charge in [-0.05, 0) is 34.4 Å². The minimum atomic E-state index is -1.28. The number of aryl methyl sites for hydroxylation is 2. The van der Waals surface area contributed by atoms with E-state index in [1.165, 1.54) is 6.42 Å². The maximum atomic E-state index is 11.8. The molecule has 0 fully saturated rings. The van der Waals surface area contributed by atoms with Gasteiger partial charge in [-0.25, -0.2) is 6.42 Å². The van der Waals surface area contributed by atoms with Crippen LogP contribution in [0.5, 0.6) is 11.5 Å². The van der Waals surface area contributed by atoms with Gasteiger partial charge in [-0.15, -0.1) is 6.07 Å². The Bertz CT molecular complexity index is 1320. The van der Waals surface area contributed by atoms with Gasteiger partial charge >= 0.3 is 0 Å². The first kappa shape index (κ1) is 32.7. The first-order valence-electron chi connectivity index (χ1n) is 12.2. The number of aliphatic carboxylic acids is 1. The van der Waals surface area contributed by atoms with E-state index >= 15 is 0 Å². The van der Waals surface area contributed by atoms with Gasteiger partial charge in [0.05, 0.1) is 20.8 Å². The van der Waals surface area contributed by atoms with Gasteiger partial charge in [-0.1, -0.05) is 98.5 Å². The predicted molar refractivity (Wildman–Crippen MR) is 150 cm³/mol. The van der Waals surface area contributed by atoms with Crippen molar-refractivity contribution in [2.75, 3.05) is 20.8 Å². The fourth-order valence-electron chi connectivity index (χ4n) is 3.98. The second kappa shape index (κ2) is 15.9. The minimum Gasteiger partial charge on any atom is -0.503 e. The molecule has 0 bridgehead atoms. The van der Waals surface area contributed by atoms with Crippen LogP contribution < -0.4 is 9.47 Å².